The van der Waals surface area contributed by atoms with E-state index in [1.807, 2.05) is 13.8 Å². The fraction of sp³-hybridized carbons (Fsp3) is 0.571. The third-order valence-electron chi connectivity index (χ3n) is 3.08. The smallest absolute Gasteiger partial charge is 0.376 e. The van der Waals surface area contributed by atoms with Crippen LogP contribution in [0.4, 0.5) is 13.2 Å². The molecule has 0 spiro atoms. The number of hydrogen-bond donors (Lipinski definition) is 1. The van der Waals surface area contributed by atoms with Gasteiger partial charge in [-0.1, -0.05) is 43.7 Å². The summed E-state index contributed by atoms with van der Waals surface area (Å²) in [6.07, 6.45) is -4.64. The lowest BCUT2D eigenvalue weighted by Gasteiger charge is -2.31. The highest BCUT2D eigenvalue weighted by Crippen LogP contribution is 2.43. The van der Waals surface area contributed by atoms with Crippen LogP contribution in [-0.4, -0.2) is 11.3 Å². The SMILES string of the molecule is Cc1ccc(C(O)(CCC(C)C)C(F)(F)F)cc1. The monoisotopic (exact) mass is 260 g/mol. The zero-order valence-corrected chi connectivity index (χ0v) is 10.9. The zero-order chi connectivity index (χ0) is 14.0. The van der Waals surface area contributed by atoms with E-state index in [1.165, 1.54) is 12.1 Å². The van der Waals surface area contributed by atoms with Crippen LogP contribution in [0.3, 0.4) is 0 Å². The van der Waals surface area contributed by atoms with Gasteiger partial charge < -0.3 is 5.11 Å². The highest BCUT2D eigenvalue weighted by Gasteiger charge is 2.54. The molecule has 0 aromatic heterocycles. The second-order valence-corrected chi connectivity index (χ2v) is 5.16. The summed E-state index contributed by atoms with van der Waals surface area (Å²) in [7, 11) is 0. The maximum Gasteiger partial charge on any atom is 0.421 e. The number of aliphatic hydroxyl groups is 1. The van der Waals surface area contributed by atoms with Gasteiger partial charge in [-0.25, -0.2) is 0 Å². The van der Waals surface area contributed by atoms with Crippen LogP contribution in [0.1, 0.15) is 37.8 Å². The molecule has 1 nitrogen and oxygen atoms in total. The van der Waals surface area contributed by atoms with E-state index < -0.39 is 11.8 Å². The van der Waals surface area contributed by atoms with Gasteiger partial charge in [0.05, 0.1) is 0 Å². The first kappa shape index (κ1) is 15.0. The molecule has 0 saturated carbocycles. The summed E-state index contributed by atoms with van der Waals surface area (Å²) in [5.74, 6) is 0.115. The van der Waals surface area contributed by atoms with Crippen LogP contribution in [0.5, 0.6) is 0 Å². The van der Waals surface area contributed by atoms with Crippen molar-refractivity contribution >= 4 is 0 Å². The second kappa shape index (κ2) is 5.31. The van der Waals surface area contributed by atoms with Gasteiger partial charge in [-0.2, -0.15) is 13.2 Å². The molecule has 1 aromatic carbocycles. The Labute approximate surface area is 106 Å². The van der Waals surface area contributed by atoms with Crippen LogP contribution in [0, 0.1) is 12.8 Å². The molecule has 0 heterocycles. The molecular weight excluding hydrogens is 241 g/mol. The summed E-state index contributed by atoms with van der Waals surface area (Å²) in [6, 6.07) is 5.87. The highest BCUT2D eigenvalue weighted by atomic mass is 19.4. The molecule has 4 heteroatoms. The molecule has 0 fully saturated rings. The maximum atomic E-state index is 13.1. The topological polar surface area (TPSA) is 20.2 Å². The molecule has 18 heavy (non-hydrogen) atoms. The minimum Gasteiger partial charge on any atom is -0.376 e. The summed E-state index contributed by atoms with van der Waals surface area (Å²) >= 11 is 0. The molecule has 102 valence electrons. The Morgan fingerprint density at radius 2 is 1.61 bits per heavy atom. The standard InChI is InChI=1S/C14H19F3O/c1-10(2)8-9-13(18,14(15,16)17)12-6-4-11(3)5-7-12/h4-7,10,18H,8-9H2,1-3H3. The fourth-order valence-electron chi connectivity index (χ4n) is 1.78. The van der Waals surface area contributed by atoms with E-state index in [0.717, 1.165) is 5.56 Å². The quantitative estimate of drug-likeness (QED) is 0.861. The molecule has 0 saturated heterocycles. The predicted octanol–water partition coefficient (Wildman–Crippen LogP) is 4.18. The van der Waals surface area contributed by atoms with Crippen molar-refractivity contribution in [1.29, 1.82) is 0 Å². The third-order valence-corrected chi connectivity index (χ3v) is 3.08. The first-order valence-corrected chi connectivity index (χ1v) is 6.03. The van der Waals surface area contributed by atoms with E-state index in [2.05, 4.69) is 0 Å². The van der Waals surface area contributed by atoms with Gasteiger partial charge in [0.25, 0.3) is 0 Å². The van der Waals surface area contributed by atoms with Crippen LogP contribution >= 0.6 is 0 Å². The number of halogens is 3. The van der Waals surface area contributed by atoms with Crippen LogP contribution in [0.15, 0.2) is 24.3 Å². The molecule has 1 atom stereocenters. The van der Waals surface area contributed by atoms with Crippen molar-refractivity contribution in [3.8, 4) is 0 Å². The number of benzene rings is 1. The van der Waals surface area contributed by atoms with Crippen molar-refractivity contribution in [1.82, 2.24) is 0 Å². The van der Waals surface area contributed by atoms with Crippen molar-refractivity contribution in [2.24, 2.45) is 5.92 Å². The molecule has 0 radical (unpaired) electrons. The van der Waals surface area contributed by atoms with Gasteiger partial charge in [0.2, 0.25) is 0 Å². The van der Waals surface area contributed by atoms with Crippen molar-refractivity contribution < 1.29 is 18.3 Å². The van der Waals surface area contributed by atoms with Gasteiger partial charge >= 0.3 is 6.18 Å². The van der Waals surface area contributed by atoms with E-state index in [4.69, 9.17) is 0 Å². The highest BCUT2D eigenvalue weighted by molar-refractivity contribution is 5.28. The summed E-state index contributed by atoms with van der Waals surface area (Å²) in [4.78, 5) is 0. The Bertz CT molecular complexity index is 381. The minimum atomic E-state index is -4.66. The number of aryl methyl sites for hydroxylation is 1. The lowest BCUT2D eigenvalue weighted by molar-refractivity contribution is -0.270. The van der Waals surface area contributed by atoms with Gasteiger partial charge in [0.15, 0.2) is 5.60 Å². The van der Waals surface area contributed by atoms with Gasteiger partial charge in [0.1, 0.15) is 0 Å². The minimum absolute atomic E-state index is 0.0822. The number of alkyl halides is 3. The van der Waals surface area contributed by atoms with E-state index in [9.17, 15) is 18.3 Å². The summed E-state index contributed by atoms with van der Waals surface area (Å²) in [5.41, 5.74) is -1.96. The average Bonchev–Trinajstić information content (AvgIpc) is 2.25. The Hall–Kier alpha value is -1.03. The zero-order valence-electron chi connectivity index (χ0n) is 10.9. The van der Waals surface area contributed by atoms with Crippen molar-refractivity contribution in [3.05, 3.63) is 35.4 Å². The summed E-state index contributed by atoms with van der Waals surface area (Å²) < 4.78 is 39.3. The molecule has 1 aromatic rings. The first-order valence-electron chi connectivity index (χ1n) is 6.03. The van der Waals surface area contributed by atoms with E-state index in [-0.39, 0.29) is 17.9 Å². The molecule has 1 N–H and O–H groups in total. The van der Waals surface area contributed by atoms with Crippen LogP contribution in [0.2, 0.25) is 0 Å². The Morgan fingerprint density at radius 1 is 1.11 bits per heavy atom. The predicted molar refractivity (Wildman–Crippen MR) is 65.2 cm³/mol. The summed E-state index contributed by atoms with van der Waals surface area (Å²) in [6.45, 7) is 5.47. The molecular formula is C14H19F3O. The lowest BCUT2D eigenvalue weighted by Crippen LogP contribution is -2.42. The van der Waals surface area contributed by atoms with Crippen molar-refractivity contribution in [2.75, 3.05) is 0 Å². The normalized spacial score (nSPS) is 15.8. The molecule has 0 aliphatic heterocycles. The van der Waals surface area contributed by atoms with E-state index in [0.29, 0.717) is 6.42 Å². The van der Waals surface area contributed by atoms with E-state index in [1.54, 1.807) is 19.1 Å². The van der Waals surface area contributed by atoms with Gasteiger partial charge in [0, 0.05) is 0 Å². The molecule has 0 bridgehead atoms. The van der Waals surface area contributed by atoms with E-state index >= 15 is 0 Å². The van der Waals surface area contributed by atoms with Crippen LogP contribution in [-0.2, 0) is 5.60 Å². The van der Waals surface area contributed by atoms with Gasteiger partial charge in [-0.3, -0.25) is 0 Å². The van der Waals surface area contributed by atoms with Gasteiger partial charge in [-0.05, 0) is 31.2 Å². The molecule has 1 unspecified atom stereocenters. The summed E-state index contributed by atoms with van der Waals surface area (Å²) in [5, 5.41) is 10.0. The number of rotatable bonds is 4. The van der Waals surface area contributed by atoms with Crippen molar-refractivity contribution in [2.45, 2.75) is 45.4 Å². The first-order chi connectivity index (χ1) is 8.17. The molecule has 0 amide bonds. The maximum absolute atomic E-state index is 13.1. The molecule has 1 rings (SSSR count). The Balaban J connectivity index is 3.08. The third kappa shape index (κ3) is 3.25. The lowest BCUT2D eigenvalue weighted by atomic mass is 9.86. The molecule has 0 aliphatic rings. The number of hydrogen-bond acceptors (Lipinski definition) is 1. The van der Waals surface area contributed by atoms with Crippen molar-refractivity contribution in [3.63, 3.8) is 0 Å². The fourth-order valence-corrected chi connectivity index (χ4v) is 1.78. The Morgan fingerprint density at radius 3 is 2.00 bits per heavy atom. The Kier molecular flexibility index (Phi) is 4.43. The largest absolute Gasteiger partial charge is 0.421 e. The average molecular weight is 260 g/mol. The van der Waals surface area contributed by atoms with Crippen LogP contribution < -0.4 is 0 Å². The second-order valence-electron chi connectivity index (χ2n) is 5.16. The van der Waals surface area contributed by atoms with Gasteiger partial charge in [-0.15, -0.1) is 0 Å². The molecule has 0 aliphatic carbocycles. The van der Waals surface area contributed by atoms with Crippen LogP contribution in [0.25, 0.3) is 0 Å².